The molecular weight excluding hydrogens is 450 g/mol. The maximum Gasteiger partial charge on any atom is 0.305 e. The fraction of sp³-hybridized carbons (Fsp3) is 0.423. The summed E-state index contributed by atoms with van der Waals surface area (Å²) in [4.78, 5) is 63.3. The largest absolute Gasteiger partial charge is 0.481 e. The van der Waals surface area contributed by atoms with Gasteiger partial charge in [0.25, 0.3) is 5.91 Å². The van der Waals surface area contributed by atoms with E-state index in [0.29, 0.717) is 31.2 Å². The van der Waals surface area contributed by atoms with Crippen LogP contribution in [0.4, 0.5) is 0 Å². The van der Waals surface area contributed by atoms with Crippen molar-refractivity contribution in [2.45, 2.75) is 58.2 Å². The van der Waals surface area contributed by atoms with Crippen LogP contribution < -0.4 is 10.6 Å². The van der Waals surface area contributed by atoms with Crippen molar-refractivity contribution in [2.75, 3.05) is 6.54 Å². The van der Waals surface area contributed by atoms with Gasteiger partial charge in [-0.25, -0.2) is 0 Å². The van der Waals surface area contributed by atoms with Crippen LogP contribution in [0.2, 0.25) is 0 Å². The molecular formula is C26H31N3O6. The SMILES string of the molecule is CC(C)(C)[C@H](NC(=O)c1cccc2ccccc12)C(=O)N1CCCC1C(=O)N[C@H](C=O)CC(=O)O. The second-order valence-corrected chi connectivity index (χ2v) is 9.84. The summed E-state index contributed by atoms with van der Waals surface area (Å²) in [5.41, 5.74) is -0.210. The van der Waals surface area contributed by atoms with Crippen molar-refractivity contribution in [3.63, 3.8) is 0 Å². The number of carboxylic acids is 1. The number of carbonyl (C=O) groups is 5. The first kappa shape index (κ1) is 25.9. The van der Waals surface area contributed by atoms with Gasteiger partial charge < -0.3 is 25.4 Å². The van der Waals surface area contributed by atoms with Crippen LogP contribution in [0.15, 0.2) is 42.5 Å². The Morgan fingerprint density at radius 3 is 2.43 bits per heavy atom. The minimum atomic E-state index is -1.22. The quantitative estimate of drug-likeness (QED) is 0.495. The van der Waals surface area contributed by atoms with Crippen molar-refractivity contribution in [1.82, 2.24) is 15.5 Å². The van der Waals surface area contributed by atoms with Crippen LogP contribution in [-0.4, -0.2) is 64.7 Å². The predicted molar refractivity (Wildman–Crippen MR) is 130 cm³/mol. The Hall–Kier alpha value is -3.75. The molecule has 2 aromatic rings. The summed E-state index contributed by atoms with van der Waals surface area (Å²) < 4.78 is 0. The van der Waals surface area contributed by atoms with Crippen molar-refractivity contribution in [3.8, 4) is 0 Å². The van der Waals surface area contributed by atoms with Gasteiger partial charge in [-0.15, -0.1) is 0 Å². The summed E-state index contributed by atoms with van der Waals surface area (Å²) in [5, 5.41) is 15.9. The standard InChI is InChI=1S/C26H31N3O6/c1-26(2,3)22(28-23(33)19-11-6-9-16-8-4-5-10-18(16)19)25(35)29-13-7-12-20(29)24(34)27-17(15-30)14-21(31)32/h4-6,8-11,15,17,20,22H,7,12-14H2,1-3H3,(H,27,34)(H,28,33)(H,31,32)/t17-,20?,22+/m0/s1. The third-order valence-electron chi connectivity index (χ3n) is 6.15. The number of amides is 3. The molecule has 0 saturated carbocycles. The molecule has 3 N–H and O–H groups in total. The summed E-state index contributed by atoms with van der Waals surface area (Å²) in [5.74, 6) is -2.59. The summed E-state index contributed by atoms with van der Waals surface area (Å²) >= 11 is 0. The summed E-state index contributed by atoms with van der Waals surface area (Å²) in [6.07, 6.45) is 0.782. The van der Waals surface area contributed by atoms with Gasteiger partial charge in [-0.05, 0) is 35.1 Å². The lowest BCUT2D eigenvalue weighted by atomic mass is 9.85. The molecule has 3 atom stereocenters. The molecule has 1 fully saturated rings. The maximum absolute atomic E-state index is 13.6. The molecule has 1 heterocycles. The highest BCUT2D eigenvalue weighted by Gasteiger charge is 2.42. The van der Waals surface area contributed by atoms with Gasteiger partial charge >= 0.3 is 5.97 Å². The number of nitrogens with one attached hydrogen (secondary N) is 2. The van der Waals surface area contributed by atoms with E-state index in [-0.39, 0.29) is 0 Å². The normalized spacial score (nSPS) is 17.5. The molecule has 1 saturated heterocycles. The molecule has 9 heteroatoms. The van der Waals surface area contributed by atoms with E-state index in [9.17, 15) is 24.0 Å². The third-order valence-corrected chi connectivity index (χ3v) is 6.15. The molecule has 0 aliphatic carbocycles. The topological polar surface area (TPSA) is 133 Å². The molecule has 186 valence electrons. The van der Waals surface area contributed by atoms with E-state index >= 15 is 0 Å². The van der Waals surface area contributed by atoms with Crippen LogP contribution in [0.3, 0.4) is 0 Å². The van der Waals surface area contributed by atoms with Crippen LogP contribution in [0.5, 0.6) is 0 Å². The second kappa shape index (κ2) is 10.7. The van der Waals surface area contributed by atoms with E-state index in [1.165, 1.54) is 4.90 Å². The maximum atomic E-state index is 13.6. The van der Waals surface area contributed by atoms with Crippen LogP contribution in [-0.2, 0) is 19.2 Å². The van der Waals surface area contributed by atoms with Gasteiger partial charge in [0, 0.05) is 12.1 Å². The number of likely N-dealkylation sites (tertiary alicyclic amines) is 1. The van der Waals surface area contributed by atoms with Crippen molar-refractivity contribution in [3.05, 3.63) is 48.0 Å². The molecule has 9 nitrogen and oxygen atoms in total. The van der Waals surface area contributed by atoms with E-state index in [2.05, 4.69) is 10.6 Å². The number of carbonyl (C=O) groups excluding carboxylic acids is 4. The van der Waals surface area contributed by atoms with E-state index in [1.807, 2.05) is 51.1 Å². The van der Waals surface area contributed by atoms with Gasteiger partial charge in [0.2, 0.25) is 11.8 Å². The molecule has 35 heavy (non-hydrogen) atoms. The summed E-state index contributed by atoms with van der Waals surface area (Å²) in [6.45, 7) is 5.82. The first-order valence-electron chi connectivity index (χ1n) is 11.6. The lowest BCUT2D eigenvalue weighted by molar-refractivity contribution is -0.143. The zero-order valence-electron chi connectivity index (χ0n) is 20.1. The first-order valence-corrected chi connectivity index (χ1v) is 11.6. The Morgan fingerprint density at radius 1 is 1.09 bits per heavy atom. The number of aldehydes is 1. The highest BCUT2D eigenvalue weighted by atomic mass is 16.4. The first-order chi connectivity index (χ1) is 16.5. The molecule has 1 aliphatic heterocycles. The molecule has 0 radical (unpaired) electrons. The summed E-state index contributed by atoms with van der Waals surface area (Å²) in [6, 6.07) is 9.93. The lowest BCUT2D eigenvalue weighted by Gasteiger charge is -2.35. The zero-order valence-corrected chi connectivity index (χ0v) is 20.1. The monoisotopic (exact) mass is 481 g/mol. The number of hydrogen-bond acceptors (Lipinski definition) is 5. The lowest BCUT2D eigenvalue weighted by Crippen LogP contribution is -2.58. The molecule has 3 rings (SSSR count). The molecule has 3 amide bonds. The molecule has 2 aromatic carbocycles. The number of carboxylic acid groups (broad SMARTS) is 1. The van der Waals surface area contributed by atoms with Gasteiger partial charge in [0.1, 0.15) is 18.4 Å². The van der Waals surface area contributed by atoms with Crippen LogP contribution >= 0.6 is 0 Å². The molecule has 0 aromatic heterocycles. The highest BCUT2D eigenvalue weighted by Crippen LogP contribution is 2.27. The van der Waals surface area contributed by atoms with Crippen LogP contribution in [0.1, 0.15) is 50.4 Å². The van der Waals surface area contributed by atoms with Gasteiger partial charge in [-0.1, -0.05) is 57.2 Å². The summed E-state index contributed by atoms with van der Waals surface area (Å²) in [7, 11) is 0. The minimum absolute atomic E-state index is 0.318. The van der Waals surface area contributed by atoms with Gasteiger partial charge in [0.15, 0.2) is 0 Å². The van der Waals surface area contributed by atoms with Crippen molar-refractivity contribution >= 4 is 40.7 Å². The fourth-order valence-corrected chi connectivity index (χ4v) is 4.35. The van der Waals surface area contributed by atoms with Gasteiger partial charge in [-0.2, -0.15) is 0 Å². The molecule has 1 aliphatic rings. The van der Waals surface area contributed by atoms with Crippen LogP contribution in [0.25, 0.3) is 10.8 Å². The highest BCUT2D eigenvalue weighted by molar-refractivity contribution is 6.08. The minimum Gasteiger partial charge on any atom is -0.481 e. The van der Waals surface area contributed by atoms with E-state index in [4.69, 9.17) is 5.11 Å². The average molecular weight is 482 g/mol. The smallest absolute Gasteiger partial charge is 0.305 e. The number of benzene rings is 2. The Bertz CT molecular complexity index is 1130. The molecule has 0 spiro atoms. The Labute approximate surface area is 203 Å². The Balaban J connectivity index is 1.81. The second-order valence-electron chi connectivity index (χ2n) is 9.84. The van der Waals surface area contributed by atoms with Gasteiger partial charge in [0.05, 0.1) is 12.5 Å². The average Bonchev–Trinajstić information content (AvgIpc) is 3.30. The third kappa shape index (κ3) is 6.03. The number of rotatable bonds is 8. The van der Waals surface area contributed by atoms with Crippen molar-refractivity contribution in [2.24, 2.45) is 5.41 Å². The number of hydrogen-bond donors (Lipinski definition) is 3. The fourth-order valence-electron chi connectivity index (χ4n) is 4.35. The molecule has 1 unspecified atom stereocenters. The van der Waals surface area contributed by atoms with E-state index < -0.39 is 53.7 Å². The zero-order chi connectivity index (χ0) is 25.8. The number of nitrogens with zero attached hydrogens (tertiary/aromatic N) is 1. The number of aliphatic carboxylic acids is 1. The number of fused-ring (bicyclic) bond motifs is 1. The van der Waals surface area contributed by atoms with E-state index in [1.54, 1.807) is 12.1 Å². The Morgan fingerprint density at radius 2 is 1.77 bits per heavy atom. The Kier molecular flexibility index (Phi) is 7.89. The van der Waals surface area contributed by atoms with Crippen molar-refractivity contribution < 1.29 is 29.1 Å². The van der Waals surface area contributed by atoms with Crippen molar-refractivity contribution in [1.29, 1.82) is 0 Å². The van der Waals surface area contributed by atoms with E-state index in [0.717, 1.165) is 10.8 Å². The van der Waals surface area contributed by atoms with Crippen LogP contribution in [0, 0.1) is 5.41 Å². The molecule has 0 bridgehead atoms. The van der Waals surface area contributed by atoms with Gasteiger partial charge in [-0.3, -0.25) is 19.2 Å². The predicted octanol–water partition coefficient (Wildman–Crippen LogP) is 2.13.